The van der Waals surface area contributed by atoms with Gasteiger partial charge in [-0.1, -0.05) is 91.5 Å². The molecule has 0 heterocycles. The monoisotopic (exact) mass is 392 g/mol. The summed E-state index contributed by atoms with van der Waals surface area (Å²) in [4.78, 5) is 0. The van der Waals surface area contributed by atoms with Crippen LogP contribution in [0.3, 0.4) is 0 Å². The number of thiocarbonyl (C=S) groups is 2. The minimum atomic E-state index is -0.0457. The third-order valence-electron chi connectivity index (χ3n) is 3.59. The SMILES string of the molecule is C=Cc1cccc(COC(=S)c2ccccc2)c1.OC(=S)c1ccccc1. The standard InChI is InChI=1S/C16H14OS.C7H6OS/c1-2-13-7-6-8-14(11-13)12-17-16(18)15-9-4-3-5-10-15;8-7(9)6-4-2-1-3-5-6/h2-11H,1,12H2;1-5H,(H,8,9). The summed E-state index contributed by atoms with van der Waals surface area (Å²) >= 11 is 9.76. The fraction of sp³-hybridized carbons (Fsp3) is 0.0435. The number of benzene rings is 3. The third kappa shape index (κ3) is 7.13. The van der Waals surface area contributed by atoms with E-state index >= 15 is 0 Å². The van der Waals surface area contributed by atoms with E-state index in [0.29, 0.717) is 17.2 Å². The van der Waals surface area contributed by atoms with Gasteiger partial charge in [-0.15, -0.1) is 0 Å². The van der Waals surface area contributed by atoms with Crippen LogP contribution in [0.5, 0.6) is 0 Å². The maximum Gasteiger partial charge on any atom is 0.191 e. The van der Waals surface area contributed by atoms with E-state index in [2.05, 4.69) is 18.8 Å². The molecule has 0 saturated heterocycles. The molecule has 27 heavy (non-hydrogen) atoms. The van der Waals surface area contributed by atoms with Crippen molar-refractivity contribution < 1.29 is 9.84 Å². The van der Waals surface area contributed by atoms with Gasteiger partial charge in [-0.2, -0.15) is 0 Å². The number of aliphatic hydroxyl groups is 1. The Morgan fingerprint density at radius 3 is 1.96 bits per heavy atom. The molecule has 2 nitrogen and oxygen atoms in total. The zero-order valence-electron chi connectivity index (χ0n) is 14.7. The fourth-order valence-corrected chi connectivity index (χ4v) is 2.53. The largest absolute Gasteiger partial charge is 0.499 e. The lowest BCUT2D eigenvalue weighted by Gasteiger charge is -2.08. The van der Waals surface area contributed by atoms with E-state index in [1.807, 2.05) is 78.9 Å². The summed E-state index contributed by atoms with van der Waals surface area (Å²) in [6, 6.07) is 26.9. The first-order valence-electron chi connectivity index (χ1n) is 8.32. The summed E-state index contributed by atoms with van der Waals surface area (Å²) in [6.07, 6.45) is 1.82. The molecular weight excluding hydrogens is 372 g/mol. The predicted molar refractivity (Wildman–Crippen MR) is 120 cm³/mol. The van der Waals surface area contributed by atoms with Crippen molar-refractivity contribution >= 4 is 40.6 Å². The normalized spacial score (nSPS) is 9.48. The molecule has 0 saturated carbocycles. The highest BCUT2D eigenvalue weighted by Gasteiger charge is 2.02. The summed E-state index contributed by atoms with van der Waals surface area (Å²) in [5.41, 5.74) is 3.81. The molecule has 3 aromatic carbocycles. The topological polar surface area (TPSA) is 29.5 Å². The van der Waals surface area contributed by atoms with E-state index < -0.39 is 0 Å². The van der Waals surface area contributed by atoms with Crippen molar-refractivity contribution in [2.24, 2.45) is 0 Å². The average Bonchev–Trinajstić information content (AvgIpc) is 2.74. The van der Waals surface area contributed by atoms with Crippen LogP contribution in [0.1, 0.15) is 22.3 Å². The van der Waals surface area contributed by atoms with Gasteiger partial charge in [-0.05, 0) is 41.6 Å². The molecule has 3 aromatic rings. The van der Waals surface area contributed by atoms with Crippen LogP contribution in [0.15, 0.2) is 91.5 Å². The van der Waals surface area contributed by atoms with Crippen molar-refractivity contribution in [3.8, 4) is 0 Å². The molecule has 136 valence electrons. The molecule has 0 spiro atoms. The van der Waals surface area contributed by atoms with Crippen molar-refractivity contribution in [2.75, 3.05) is 0 Å². The smallest absolute Gasteiger partial charge is 0.191 e. The van der Waals surface area contributed by atoms with Crippen LogP contribution < -0.4 is 0 Å². The zero-order chi connectivity index (χ0) is 19.5. The molecule has 0 aliphatic carbocycles. The van der Waals surface area contributed by atoms with E-state index in [1.165, 1.54) is 0 Å². The van der Waals surface area contributed by atoms with Crippen molar-refractivity contribution in [2.45, 2.75) is 6.61 Å². The highest BCUT2D eigenvalue weighted by atomic mass is 32.1. The Balaban J connectivity index is 0.000000244. The Kier molecular flexibility index (Phi) is 8.36. The van der Waals surface area contributed by atoms with Gasteiger partial charge >= 0.3 is 0 Å². The van der Waals surface area contributed by atoms with E-state index in [-0.39, 0.29) is 5.05 Å². The minimum absolute atomic E-state index is 0.0457. The quantitative estimate of drug-likeness (QED) is 0.528. The Bertz CT molecular complexity index is 891. The summed E-state index contributed by atoms with van der Waals surface area (Å²) < 4.78 is 5.61. The van der Waals surface area contributed by atoms with Crippen molar-refractivity contribution in [1.29, 1.82) is 0 Å². The molecule has 0 fully saturated rings. The van der Waals surface area contributed by atoms with E-state index in [0.717, 1.165) is 16.7 Å². The zero-order valence-corrected chi connectivity index (χ0v) is 16.4. The van der Waals surface area contributed by atoms with E-state index in [9.17, 15) is 0 Å². The van der Waals surface area contributed by atoms with Crippen LogP contribution in [-0.2, 0) is 11.3 Å². The van der Waals surface area contributed by atoms with E-state index in [1.54, 1.807) is 12.1 Å². The van der Waals surface area contributed by atoms with Gasteiger partial charge in [0.15, 0.2) is 10.1 Å². The predicted octanol–water partition coefficient (Wildman–Crippen LogP) is 6.14. The Labute approximate surface area is 170 Å². The number of aliphatic hydroxyl groups excluding tert-OH is 1. The molecule has 1 N–H and O–H groups in total. The van der Waals surface area contributed by atoms with Crippen molar-refractivity contribution in [3.05, 3.63) is 114 Å². The lowest BCUT2D eigenvalue weighted by Crippen LogP contribution is -2.03. The first kappa shape index (κ1) is 20.5. The van der Waals surface area contributed by atoms with Gasteiger partial charge in [0.05, 0.1) is 0 Å². The van der Waals surface area contributed by atoms with Gasteiger partial charge < -0.3 is 9.84 Å². The Morgan fingerprint density at radius 1 is 0.852 bits per heavy atom. The molecule has 0 bridgehead atoms. The van der Waals surface area contributed by atoms with Crippen LogP contribution in [0, 0.1) is 0 Å². The van der Waals surface area contributed by atoms with Gasteiger partial charge in [0, 0.05) is 11.1 Å². The maximum absolute atomic E-state index is 8.76. The maximum atomic E-state index is 8.76. The van der Waals surface area contributed by atoms with Gasteiger partial charge in [0.25, 0.3) is 0 Å². The van der Waals surface area contributed by atoms with Crippen molar-refractivity contribution in [3.63, 3.8) is 0 Å². The number of rotatable bonds is 5. The molecular formula is C23H20O2S2. The highest BCUT2D eigenvalue weighted by Crippen LogP contribution is 2.10. The van der Waals surface area contributed by atoms with Crippen LogP contribution in [0.4, 0.5) is 0 Å². The summed E-state index contributed by atoms with van der Waals surface area (Å²) in [7, 11) is 0. The van der Waals surface area contributed by atoms with Crippen LogP contribution >= 0.6 is 24.4 Å². The first-order chi connectivity index (χ1) is 13.1. The Morgan fingerprint density at radius 2 is 1.44 bits per heavy atom. The highest BCUT2D eigenvalue weighted by molar-refractivity contribution is 7.80. The van der Waals surface area contributed by atoms with Gasteiger partial charge in [0.2, 0.25) is 0 Å². The van der Waals surface area contributed by atoms with Crippen LogP contribution in [0.25, 0.3) is 6.08 Å². The molecule has 0 atom stereocenters. The molecule has 0 aliphatic heterocycles. The molecule has 0 unspecified atom stereocenters. The number of ether oxygens (including phenoxy) is 1. The summed E-state index contributed by atoms with van der Waals surface area (Å²) in [6.45, 7) is 4.23. The van der Waals surface area contributed by atoms with Crippen LogP contribution in [0.2, 0.25) is 0 Å². The van der Waals surface area contributed by atoms with Crippen LogP contribution in [-0.4, -0.2) is 15.2 Å². The fourth-order valence-electron chi connectivity index (χ4n) is 2.20. The number of hydrogen-bond donors (Lipinski definition) is 1. The Hall–Kier alpha value is -2.82. The molecule has 3 rings (SSSR count). The lowest BCUT2D eigenvalue weighted by atomic mass is 10.1. The van der Waals surface area contributed by atoms with Gasteiger partial charge in [-0.25, -0.2) is 0 Å². The van der Waals surface area contributed by atoms with Crippen molar-refractivity contribution in [1.82, 2.24) is 0 Å². The second-order valence-corrected chi connectivity index (χ2v) is 6.32. The molecule has 0 aliphatic rings. The second kappa shape index (κ2) is 11.0. The number of hydrogen-bond acceptors (Lipinski definition) is 3. The first-order valence-corrected chi connectivity index (χ1v) is 9.13. The third-order valence-corrected chi connectivity index (χ3v) is 4.18. The molecule has 0 radical (unpaired) electrons. The second-order valence-electron chi connectivity index (χ2n) is 5.56. The summed E-state index contributed by atoms with van der Waals surface area (Å²) in [5, 5.41) is 9.24. The molecule has 0 amide bonds. The minimum Gasteiger partial charge on any atom is -0.499 e. The lowest BCUT2D eigenvalue weighted by molar-refractivity contribution is 0.302. The average molecular weight is 393 g/mol. The van der Waals surface area contributed by atoms with Gasteiger partial charge in [0.1, 0.15) is 6.61 Å². The van der Waals surface area contributed by atoms with E-state index in [4.69, 9.17) is 22.1 Å². The molecule has 4 heteroatoms. The summed E-state index contributed by atoms with van der Waals surface area (Å²) in [5.74, 6) is 0. The molecule has 0 aromatic heterocycles. The van der Waals surface area contributed by atoms with Gasteiger partial charge in [-0.3, -0.25) is 0 Å².